The van der Waals surface area contributed by atoms with E-state index in [0.717, 1.165) is 5.56 Å². The lowest BCUT2D eigenvalue weighted by Crippen LogP contribution is -2.42. The van der Waals surface area contributed by atoms with Gasteiger partial charge in [-0.05, 0) is 37.1 Å². The monoisotopic (exact) mass is 321 g/mol. The fourth-order valence-electron chi connectivity index (χ4n) is 2.91. The summed E-state index contributed by atoms with van der Waals surface area (Å²) in [5.41, 5.74) is 1.54. The van der Waals surface area contributed by atoms with Crippen LogP contribution in [0, 0.1) is 0 Å². The van der Waals surface area contributed by atoms with Crippen LogP contribution in [0.15, 0.2) is 72.8 Å². The lowest BCUT2D eigenvalue weighted by Gasteiger charge is -2.22. The molecule has 0 saturated carbocycles. The molecule has 1 aliphatic heterocycles. The van der Waals surface area contributed by atoms with Gasteiger partial charge in [0.1, 0.15) is 6.10 Å². The Bertz CT molecular complexity index is 740. The van der Waals surface area contributed by atoms with Crippen LogP contribution < -0.4 is 0 Å². The van der Waals surface area contributed by atoms with Crippen LogP contribution in [0.3, 0.4) is 0 Å². The van der Waals surface area contributed by atoms with Crippen molar-refractivity contribution in [2.75, 3.05) is 0 Å². The van der Waals surface area contributed by atoms with E-state index >= 15 is 0 Å². The second-order valence-corrected chi connectivity index (χ2v) is 5.67. The number of cyclic esters (lactones) is 1. The van der Waals surface area contributed by atoms with Crippen molar-refractivity contribution in [3.8, 4) is 0 Å². The molecule has 0 aromatic heterocycles. The first-order valence-electron chi connectivity index (χ1n) is 7.96. The highest BCUT2D eigenvalue weighted by molar-refractivity contribution is 6.04. The maximum Gasteiger partial charge on any atom is 0.417 e. The number of imide groups is 1. The molecule has 0 radical (unpaired) electrons. The number of rotatable bonds is 4. The summed E-state index contributed by atoms with van der Waals surface area (Å²) in [6.07, 6.45) is 3.19. The van der Waals surface area contributed by atoms with Gasteiger partial charge in [0.15, 0.2) is 0 Å². The topological polar surface area (TPSA) is 46.6 Å². The van der Waals surface area contributed by atoms with E-state index in [-0.39, 0.29) is 11.9 Å². The Balaban J connectivity index is 1.92. The van der Waals surface area contributed by atoms with Crippen LogP contribution in [0.5, 0.6) is 0 Å². The van der Waals surface area contributed by atoms with E-state index in [2.05, 4.69) is 0 Å². The highest BCUT2D eigenvalue weighted by Crippen LogP contribution is 2.26. The van der Waals surface area contributed by atoms with Crippen LogP contribution in [-0.4, -0.2) is 29.0 Å². The highest BCUT2D eigenvalue weighted by Gasteiger charge is 2.44. The first-order chi connectivity index (χ1) is 11.7. The van der Waals surface area contributed by atoms with Crippen molar-refractivity contribution in [2.24, 2.45) is 0 Å². The molecule has 122 valence electrons. The van der Waals surface area contributed by atoms with E-state index in [1.807, 2.05) is 55.5 Å². The number of allylic oxidation sites excluding steroid dienone is 1. The molecule has 0 spiro atoms. The quantitative estimate of drug-likeness (QED) is 0.804. The minimum atomic E-state index is -0.590. The van der Waals surface area contributed by atoms with Gasteiger partial charge < -0.3 is 4.74 Å². The van der Waals surface area contributed by atoms with Crippen molar-refractivity contribution in [2.45, 2.75) is 25.5 Å². The van der Waals surface area contributed by atoms with E-state index in [9.17, 15) is 9.59 Å². The Kier molecular flexibility index (Phi) is 4.75. The van der Waals surface area contributed by atoms with Crippen molar-refractivity contribution >= 4 is 12.0 Å². The third kappa shape index (κ3) is 3.23. The molecule has 3 rings (SSSR count). The summed E-state index contributed by atoms with van der Waals surface area (Å²) in [5, 5.41) is 0. The van der Waals surface area contributed by atoms with E-state index < -0.39 is 12.2 Å². The molecule has 0 bridgehead atoms. The maximum atomic E-state index is 12.8. The van der Waals surface area contributed by atoms with Crippen LogP contribution in [0.2, 0.25) is 0 Å². The average Bonchev–Trinajstić information content (AvgIpc) is 2.91. The Hall–Kier alpha value is -2.88. The minimum Gasteiger partial charge on any atom is -0.439 e. The Morgan fingerprint density at radius 1 is 1.08 bits per heavy atom. The molecule has 24 heavy (non-hydrogen) atoms. The summed E-state index contributed by atoms with van der Waals surface area (Å²) in [6, 6.07) is 18.3. The predicted octanol–water partition coefficient (Wildman–Crippen LogP) is 3.84. The Morgan fingerprint density at radius 2 is 1.71 bits per heavy atom. The summed E-state index contributed by atoms with van der Waals surface area (Å²) in [4.78, 5) is 26.4. The summed E-state index contributed by atoms with van der Waals surface area (Å²) < 4.78 is 5.42. The van der Waals surface area contributed by atoms with Crippen LogP contribution in [0.4, 0.5) is 4.79 Å². The van der Waals surface area contributed by atoms with Gasteiger partial charge in [-0.25, -0.2) is 9.69 Å². The van der Waals surface area contributed by atoms with Crippen molar-refractivity contribution in [1.82, 2.24) is 4.90 Å². The average molecular weight is 321 g/mol. The summed E-state index contributed by atoms with van der Waals surface area (Å²) in [6.45, 7) is 1.87. The number of carbonyl (C=O) groups is 2. The maximum absolute atomic E-state index is 12.8. The second-order valence-electron chi connectivity index (χ2n) is 5.67. The van der Waals surface area contributed by atoms with Crippen LogP contribution in [-0.2, 0) is 11.2 Å². The third-order valence-electron chi connectivity index (χ3n) is 4.05. The third-order valence-corrected chi connectivity index (χ3v) is 4.05. The van der Waals surface area contributed by atoms with Gasteiger partial charge in [-0.3, -0.25) is 4.79 Å². The van der Waals surface area contributed by atoms with E-state index in [0.29, 0.717) is 12.0 Å². The molecule has 1 unspecified atom stereocenters. The van der Waals surface area contributed by atoms with E-state index in [4.69, 9.17) is 4.74 Å². The van der Waals surface area contributed by atoms with Crippen molar-refractivity contribution < 1.29 is 14.3 Å². The molecular formula is C20H19NO3. The van der Waals surface area contributed by atoms with Gasteiger partial charge in [-0.2, -0.15) is 0 Å². The van der Waals surface area contributed by atoms with Crippen molar-refractivity contribution in [3.63, 3.8) is 0 Å². The van der Waals surface area contributed by atoms with Gasteiger partial charge >= 0.3 is 6.09 Å². The van der Waals surface area contributed by atoms with Gasteiger partial charge in [-0.1, -0.05) is 54.6 Å². The SMILES string of the molecule is C/C=C/[C@H]1OC(=O)N(C(=O)c2ccccc2)C1Cc1ccccc1. The van der Waals surface area contributed by atoms with Crippen LogP contribution in [0.1, 0.15) is 22.8 Å². The molecule has 0 N–H and O–H groups in total. The van der Waals surface area contributed by atoms with Crippen molar-refractivity contribution in [3.05, 3.63) is 83.9 Å². The predicted molar refractivity (Wildman–Crippen MR) is 91.6 cm³/mol. The number of amides is 2. The lowest BCUT2D eigenvalue weighted by atomic mass is 9.99. The zero-order valence-electron chi connectivity index (χ0n) is 13.5. The fraction of sp³-hybridized carbons (Fsp3) is 0.200. The summed E-state index contributed by atoms with van der Waals surface area (Å²) in [7, 11) is 0. The minimum absolute atomic E-state index is 0.325. The molecule has 4 heteroatoms. The van der Waals surface area contributed by atoms with Crippen LogP contribution in [0.25, 0.3) is 0 Å². The first kappa shape index (κ1) is 16.0. The van der Waals surface area contributed by atoms with Gasteiger partial charge in [0.05, 0.1) is 6.04 Å². The number of carbonyl (C=O) groups excluding carboxylic acids is 2. The Morgan fingerprint density at radius 3 is 2.33 bits per heavy atom. The lowest BCUT2D eigenvalue weighted by molar-refractivity contribution is 0.0774. The van der Waals surface area contributed by atoms with E-state index in [1.54, 1.807) is 24.3 Å². The summed E-state index contributed by atoms with van der Waals surface area (Å²) in [5.74, 6) is -0.325. The van der Waals surface area contributed by atoms with Gasteiger partial charge in [0, 0.05) is 5.56 Å². The molecule has 1 heterocycles. The number of ether oxygens (including phenoxy) is 1. The first-order valence-corrected chi connectivity index (χ1v) is 7.96. The number of nitrogens with zero attached hydrogens (tertiary/aromatic N) is 1. The van der Waals surface area contributed by atoms with Gasteiger partial charge in [0.25, 0.3) is 5.91 Å². The molecule has 4 nitrogen and oxygen atoms in total. The molecule has 2 aromatic carbocycles. The zero-order valence-corrected chi connectivity index (χ0v) is 13.5. The number of hydrogen-bond acceptors (Lipinski definition) is 3. The van der Waals surface area contributed by atoms with Gasteiger partial charge in [-0.15, -0.1) is 0 Å². The van der Waals surface area contributed by atoms with E-state index in [1.165, 1.54) is 4.90 Å². The second kappa shape index (κ2) is 7.13. The molecule has 1 fully saturated rings. The van der Waals surface area contributed by atoms with Gasteiger partial charge in [0.2, 0.25) is 0 Å². The standard InChI is InChI=1S/C20H19NO3/c1-2-9-18-17(14-15-10-5-3-6-11-15)21(20(23)24-18)19(22)16-12-7-4-8-13-16/h2-13,17-18H,14H2,1H3/b9-2+/t17?,18-/m1/s1. The fourth-order valence-corrected chi connectivity index (χ4v) is 2.91. The number of hydrogen-bond donors (Lipinski definition) is 0. The molecule has 1 saturated heterocycles. The Labute approximate surface area is 141 Å². The number of benzene rings is 2. The molecule has 0 aliphatic carbocycles. The molecular weight excluding hydrogens is 302 g/mol. The normalized spacial score (nSPS) is 20.4. The van der Waals surface area contributed by atoms with Crippen molar-refractivity contribution in [1.29, 1.82) is 0 Å². The van der Waals surface area contributed by atoms with Crippen LogP contribution >= 0.6 is 0 Å². The summed E-state index contributed by atoms with van der Waals surface area (Å²) >= 11 is 0. The zero-order chi connectivity index (χ0) is 16.9. The molecule has 2 amide bonds. The molecule has 1 aliphatic rings. The molecule has 2 atom stereocenters. The highest BCUT2D eigenvalue weighted by atomic mass is 16.6. The smallest absolute Gasteiger partial charge is 0.417 e. The molecule has 2 aromatic rings. The largest absolute Gasteiger partial charge is 0.439 e.